The Labute approximate surface area is 149 Å². The van der Waals surface area contributed by atoms with Crippen LogP contribution in [0, 0.1) is 5.53 Å². The van der Waals surface area contributed by atoms with Crippen molar-refractivity contribution in [1.82, 2.24) is 4.91 Å². The molecule has 1 N–H and O–H groups in total. The molecule has 2 unspecified atom stereocenters. The number of carbonyl (C=O) groups is 1. The molecule has 0 aliphatic carbocycles. The van der Waals surface area contributed by atoms with Crippen LogP contribution in [0.15, 0.2) is 53.6 Å². The summed E-state index contributed by atoms with van der Waals surface area (Å²) in [6, 6.07) is 13.7. The van der Waals surface area contributed by atoms with Crippen LogP contribution < -0.4 is 10.0 Å². The average molecular weight is 364 g/mol. The summed E-state index contributed by atoms with van der Waals surface area (Å²) in [5.41, 5.74) is 8.74. The van der Waals surface area contributed by atoms with Gasteiger partial charge in [0.05, 0.1) is 0 Å². The Morgan fingerprint density at radius 3 is 2.42 bits per heavy atom. The van der Waals surface area contributed by atoms with Crippen LogP contribution in [0.3, 0.4) is 0 Å². The highest BCUT2D eigenvalue weighted by molar-refractivity contribution is 6.30. The van der Waals surface area contributed by atoms with Crippen LogP contribution in [-0.2, 0) is 4.79 Å². The molecule has 2 rings (SSSR count). The molecular weight excluding hydrogens is 349 g/mol. The van der Waals surface area contributed by atoms with Crippen LogP contribution >= 0.6 is 23.2 Å². The standard InChI is InChI=1S/C17H15Cl2N3O2/c18-13-6-4-11(5-7-13)17(21-22-20)15(8-9-16(23)24)12-2-1-3-14(19)10-12/h1-7,10,15,17,20H,8-9H2. The van der Waals surface area contributed by atoms with Gasteiger partial charge in [-0.1, -0.05) is 47.5 Å². The molecule has 24 heavy (non-hydrogen) atoms. The van der Waals surface area contributed by atoms with Crippen LogP contribution in [0.5, 0.6) is 0 Å². The molecule has 2 atom stereocenters. The van der Waals surface area contributed by atoms with Crippen molar-refractivity contribution < 1.29 is 9.90 Å². The topological polar surface area (TPSA) is 90.4 Å². The fourth-order valence-corrected chi connectivity index (χ4v) is 2.94. The second kappa shape index (κ2) is 8.60. The lowest BCUT2D eigenvalue weighted by atomic mass is 9.84. The summed E-state index contributed by atoms with van der Waals surface area (Å²) >= 11 is 12.0. The van der Waals surface area contributed by atoms with Crippen LogP contribution in [0.25, 0.3) is 0 Å². The second-order valence-corrected chi connectivity index (χ2v) is 6.16. The van der Waals surface area contributed by atoms with Gasteiger partial charge < -0.3 is 9.90 Å². The highest BCUT2D eigenvalue weighted by Crippen LogP contribution is 2.38. The molecule has 2 aromatic rings. The van der Waals surface area contributed by atoms with Crippen LogP contribution in [0.2, 0.25) is 10.0 Å². The van der Waals surface area contributed by atoms with E-state index in [2.05, 4.69) is 10.0 Å². The van der Waals surface area contributed by atoms with Crippen molar-refractivity contribution in [2.45, 2.75) is 24.8 Å². The van der Waals surface area contributed by atoms with E-state index in [0.717, 1.165) is 11.1 Å². The number of hydrogen-bond acceptors (Lipinski definition) is 4. The highest BCUT2D eigenvalue weighted by Gasteiger charge is 2.29. The van der Waals surface area contributed by atoms with Gasteiger partial charge in [-0.25, -0.2) is 0 Å². The molecule has 0 aliphatic rings. The van der Waals surface area contributed by atoms with E-state index in [9.17, 15) is 9.90 Å². The van der Waals surface area contributed by atoms with Crippen molar-refractivity contribution in [2.75, 3.05) is 0 Å². The molecular formula is C17H15Cl2N3O2. The molecule has 0 bridgehead atoms. The number of nitrogens with one attached hydrogen (secondary N) is 1. The van der Waals surface area contributed by atoms with Gasteiger partial charge in [0.2, 0.25) is 4.91 Å². The van der Waals surface area contributed by atoms with Crippen LogP contribution in [-0.4, -0.2) is 5.97 Å². The van der Waals surface area contributed by atoms with Gasteiger partial charge in [-0.05, 0) is 48.2 Å². The predicted octanol–water partition coefficient (Wildman–Crippen LogP) is 3.90. The molecule has 5 nitrogen and oxygen atoms in total. The van der Waals surface area contributed by atoms with Gasteiger partial charge in [-0.3, -0.25) is 0 Å². The minimum Gasteiger partial charge on any atom is -0.550 e. The number of nitrogens with zero attached hydrogens (tertiary/aromatic N) is 2. The molecule has 2 aromatic carbocycles. The van der Waals surface area contributed by atoms with Gasteiger partial charge in [0.15, 0.2) is 6.04 Å². The molecule has 0 saturated heterocycles. The van der Waals surface area contributed by atoms with Crippen LogP contribution in [0.1, 0.15) is 35.9 Å². The summed E-state index contributed by atoms with van der Waals surface area (Å²) in [6.07, 6.45) is 0.157. The third kappa shape index (κ3) is 4.90. The predicted molar refractivity (Wildman–Crippen MR) is 89.9 cm³/mol. The summed E-state index contributed by atoms with van der Waals surface area (Å²) in [5.74, 6) is -1.45. The summed E-state index contributed by atoms with van der Waals surface area (Å²) in [4.78, 5) is 14.1. The molecule has 0 heterocycles. The van der Waals surface area contributed by atoms with Gasteiger partial charge in [0.1, 0.15) is 10.6 Å². The molecule has 0 aromatic heterocycles. The normalized spacial score (nSPS) is 12.9. The first-order valence-corrected chi connectivity index (χ1v) is 8.04. The number of rotatable bonds is 7. The average Bonchev–Trinajstić information content (AvgIpc) is 2.55. The molecule has 0 fully saturated rings. The van der Waals surface area contributed by atoms with E-state index in [-0.39, 0.29) is 18.8 Å². The Hall–Kier alpha value is -2.20. The zero-order chi connectivity index (χ0) is 17.5. The van der Waals surface area contributed by atoms with Crippen molar-refractivity contribution in [1.29, 1.82) is 5.53 Å². The maximum atomic E-state index is 10.9. The van der Waals surface area contributed by atoms with E-state index >= 15 is 0 Å². The molecule has 0 amide bonds. The Kier molecular flexibility index (Phi) is 6.50. The minimum absolute atomic E-state index is 0.130. The molecule has 0 radical (unpaired) electrons. The second-order valence-electron chi connectivity index (χ2n) is 5.28. The summed E-state index contributed by atoms with van der Waals surface area (Å²) in [7, 11) is 0. The van der Waals surface area contributed by atoms with E-state index in [1.54, 1.807) is 42.5 Å². The van der Waals surface area contributed by atoms with Gasteiger partial charge in [0.25, 0.3) is 0 Å². The smallest absolute Gasteiger partial charge is 0.214 e. The van der Waals surface area contributed by atoms with E-state index in [0.29, 0.717) is 10.0 Å². The van der Waals surface area contributed by atoms with Gasteiger partial charge >= 0.3 is 0 Å². The van der Waals surface area contributed by atoms with Gasteiger partial charge in [-0.2, -0.15) is 0 Å². The third-order valence-electron chi connectivity index (χ3n) is 3.71. The van der Waals surface area contributed by atoms with Crippen molar-refractivity contribution in [2.24, 2.45) is 5.11 Å². The quantitative estimate of drug-likeness (QED) is 0.596. The lowest BCUT2D eigenvalue weighted by Gasteiger charge is -2.21. The van der Waals surface area contributed by atoms with Crippen molar-refractivity contribution in [3.05, 3.63) is 69.7 Å². The van der Waals surface area contributed by atoms with E-state index in [4.69, 9.17) is 28.7 Å². The van der Waals surface area contributed by atoms with E-state index < -0.39 is 12.0 Å². The SMILES string of the molecule is N=[N+]=NC(c1ccc(Cl)cc1)C(CCC(=O)[O-])c1cccc(Cl)c1. The molecule has 7 heteroatoms. The van der Waals surface area contributed by atoms with E-state index in [1.165, 1.54) is 0 Å². The Balaban J connectivity index is 2.45. The molecule has 0 aliphatic heterocycles. The van der Waals surface area contributed by atoms with Gasteiger partial charge in [-0.15, -0.1) is 0 Å². The van der Waals surface area contributed by atoms with Crippen molar-refractivity contribution in [3.8, 4) is 0 Å². The Bertz CT molecular complexity index is 759. The molecule has 0 spiro atoms. The monoisotopic (exact) mass is 363 g/mol. The largest absolute Gasteiger partial charge is 0.550 e. The Morgan fingerprint density at radius 1 is 1.12 bits per heavy atom. The highest BCUT2D eigenvalue weighted by atomic mass is 35.5. The molecule has 0 saturated carbocycles. The summed E-state index contributed by atoms with van der Waals surface area (Å²) in [6.45, 7) is 0. The van der Waals surface area contributed by atoms with Crippen molar-refractivity contribution >= 4 is 29.2 Å². The fourth-order valence-electron chi connectivity index (χ4n) is 2.62. The first-order valence-electron chi connectivity index (χ1n) is 7.28. The summed E-state index contributed by atoms with van der Waals surface area (Å²) < 4.78 is 0. The summed E-state index contributed by atoms with van der Waals surface area (Å²) in [5, 5.41) is 16.0. The number of carbonyl (C=O) groups excluding carboxylic acids is 1. The maximum absolute atomic E-state index is 10.9. The third-order valence-corrected chi connectivity index (χ3v) is 4.20. The van der Waals surface area contributed by atoms with Crippen LogP contribution in [0.4, 0.5) is 0 Å². The first kappa shape index (κ1) is 18.1. The molecule has 124 valence electrons. The zero-order valence-electron chi connectivity index (χ0n) is 12.7. The number of carboxylic acid groups (broad SMARTS) is 1. The number of aliphatic carboxylic acids is 1. The lowest BCUT2D eigenvalue weighted by Crippen LogP contribution is -2.23. The number of benzene rings is 2. The van der Waals surface area contributed by atoms with E-state index in [1.807, 2.05) is 6.07 Å². The lowest BCUT2D eigenvalue weighted by molar-refractivity contribution is -0.305. The number of carboxylic acids is 1. The number of halogens is 2. The first-order chi connectivity index (χ1) is 11.5. The Morgan fingerprint density at radius 2 is 1.83 bits per heavy atom. The zero-order valence-corrected chi connectivity index (χ0v) is 14.2. The fraction of sp³-hybridized carbons (Fsp3) is 0.235. The maximum Gasteiger partial charge on any atom is 0.214 e. The van der Waals surface area contributed by atoms with Gasteiger partial charge in [0, 0.05) is 21.9 Å². The number of hydrogen-bond donors (Lipinski definition) is 1. The minimum atomic E-state index is -1.14. The van der Waals surface area contributed by atoms with Crippen molar-refractivity contribution in [3.63, 3.8) is 0 Å².